The van der Waals surface area contributed by atoms with Crippen molar-refractivity contribution in [2.75, 3.05) is 13.6 Å². The molecule has 0 aromatic heterocycles. The summed E-state index contributed by atoms with van der Waals surface area (Å²) >= 11 is 0. The highest BCUT2D eigenvalue weighted by Gasteiger charge is 2.34. The Morgan fingerprint density at radius 3 is 2.38 bits per heavy atom. The van der Waals surface area contributed by atoms with E-state index in [4.69, 9.17) is 10.9 Å². The summed E-state index contributed by atoms with van der Waals surface area (Å²) in [5.74, 6) is -2.24. The van der Waals surface area contributed by atoms with E-state index in [2.05, 4.69) is 5.16 Å². The number of nitrogens with zero attached hydrogens (tertiary/aromatic N) is 2. The molecule has 0 aliphatic carbocycles. The average molecular weight is 241 g/mol. The Balaban J connectivity index is 4.64. The zero-order chi connectivity index (χ0) is 12.9. The second-order valence-corrected chi connectivity index (χ2v) is 3.30. The van der Waals surface area contributed by atoms with Crippen LogP contribution in [-0.4, -0.2) is 41.6 Å². The van der Waals surface area contributed by atoms with Gasteiger partial charge in [-0.3, -0.25) is 4.79 Å². The molecule has 94 valence electrons. The van der Waals surface area contributed by atoms with Crippen LogP contribution in [0, 0.1) is 5.92 Å². The molecule has 8 heteroatoms. The molecule has 5 nitrogen and oxygen atoms in total. The van der Waals surface area contributed by atoms with Gasteiger partial charge in [-0.2, -0.15) is 13.2 Å². The number of nitrogens with two attached hydrogens (primary N) is 1. The van der Waals surface area contributed by atoms with Crippen molar-refractivity contribution in [3.05, 3.63) is 0 Å². The summed E-state index contributed by atoms with van der Waals surface area (Å²) in [7, 11) is 1.02. The molecule has 0 radical (unpaired) electrons. The molecule has 0 rings (SSSR count). The van der Waals surface area contributed by atoms with Gasteiger partial charge in [-0.05, 0) is 6.42 Å². The van der Waals surface area contributed by atoms with Crippen LogP contribution in [-0.2, 0) is 4.79 Å². The molecular weight excluding hydrogens is 227 g/mol. The summed E-state index contributed by atoms with van der Waals surface area (Å²) in [4.78, 5) is 12.0. The van der Waals surface area contributed by atoms with Crippen molar-refractivity contribution in [3.63, 3.8) is 0 Å². The number of carbonyl (C=O) groups is 1. The van der Waals surface area contributed by atoms with E-state index in [1.165, 1.54) is 0 Å². The minimum Gasteiger partial charge on any atom is -0.409 e. The van der Waals surface area contributed by atoms with E-state index in [9.17, 15) is 18.0 Å². The summed E-state index contributed by atoms with van der Waals surface area (Å²) in [6, 6.07) is 0. The molecule has 0 aromatic carbocycles. The third kappa shape index (κ3) is 4.37. The fourth-order valence-electron chi connectivity index (χ4n) is 1.19. The Morgan fingerprint density at radius 2 is 2.06 bits per heavy atom. The molecule has 0 aromatic rings. The van der Waals surface area contributed by atoms with Crippen LogP contribution in [0.3, 0.4) is 0 Å². The molecule has 0 fully saturated rings. The molecule has 0 spiro atoms. The number of hydrogen-bond donors (Lipinski definition) is 2. The molecule has 0 saturated carbocycles. The van der Waals surface area contributed by atoms with Crippen LogP contribution in [0.15, 0.2) is 5.16 Å². The van der Waals surface area contributed by atoms with E-state index in [-0.39, 0.29) is 12.3 Å². The van der Waals surface area contributed by atoms with Gasteiger partial charge in [0.2, 0.25) is 5.91 Å². The monoisotopic (exact) mass is 241 g/mol. The van der Waals surface area contributed by atoms with Gasteiger partial charge < -0.3 is 15.8 Å². The van der Waals surface area contributed by atoms with Gasteiger partial charge in [0.15, 0.2) is 5.84 Å². The Hall–Kier alpha value is -1.47. The van der Waals surface area contributed by atoms with Crippen molar-refractivity contribution >= 4 is 11.7 Å². The highest BCUT2D eigenvalue weighted by Crippen LogP contribution is 2.17. The molecular formula is C8H14F3N3O2. The second kappa shape index (κ2) is 5.57. The predicted octanol–water partition coefficient (Wildman–Crippen LogP) is 0.780. The molecule has 1 atom stereocenters. The van der Waals surface area contributed by atoms with Crippen molar-refractivity contribution in [1.29, 1.82) is 0 Å². The minimum atomic E-state index is -4.46. The Bertz CT molecular complexity index is 278. The smallest absolute Gasteiger partial charge is 0.406 e. The topological polar surface area (TPSA) is 78.9 Å². The van der Waals surface area contributed by atoms with Crippen LogP contribution >= 0.6 is 0 Å². The maximum absolute atomic E-state index is 12.0. The van der Waals surface area contributed by atoms with Gasteiger partial charge in [0.25, 0.3) is 0 Å². The van der Waals surface area contributed by atoms with Crippen LogP contribution in [0.5, 0.6) is 0 Å². The van der Waals surface area contributed by atoms with E-state index < -0.39 is 24.5 Å². The van der Waals surface area contributed by atoms with Crippen LogP contribution in [0.1, 0.15) is 13.3 Å². The first-order chi connectivity index (χ1) is 7.22. The third-order valence-corrected chi connectivity index (χ3v) is 1.97. The maximum Gasteiger partial charge on any atom is 0.406 e. The quantitative estimate of drug-likeness (QED) is 0.330. The minimum absolute atomic E-state index is 0.164. The molecule has 0 aliphatic heterocycles. The third-order valence-electron chi connectivity index (χ3n) is 1.97. The molecule has 0 heterocycles. The number of hydrogen-bond acceptors (Lipinski definition) is 3. The van der Waals surface area contributed by atoms with E-state index in [0.717, 1.165) is 7.05 Å². The lowest BCUT2D eigenvalue weighted by Gasteiger charge is -2.23. The van der Waals surface area contributed by atoms with Crippen molar-refractivity contribution < 1.29 is 23.2 Å². The van der Waals surface area contributed by atoms with Crippen LogP contribution in [0.25, 0.3) is 0 Å². The van der Waals surface area contributed by atoms with Gasteiger partial charge in [0, 0.05) is 7.05 Å². The average Bonchev–Trinajstić information content (AvgIpc) is 2.15. The van der Waals surface area contributed by atoms with E-state index in [1.54, 1.807) is 6.92 Å². The second-order valence-electron chi connectivity index (χ2n) is 3.30. The highest BCUT2D eigenvalue weighted by molar-refractivity contribution is 6.01. The number of halogens is 3. The SMILES string of the molecule is CCC(C(=O)N(C)CC(F)(F)F)C(N)=NO. The van der Waals surface area contributed by atoms with Crippen molar-refractivity contribution in [2.24, 2.45) is 16.8 Å². The number of amidine groups is 1. The first kappa shape index (κ1) is 14.5. The normalized spacial score (nSPS) is 14.7. The van der Waals surface area contributed by atoms with Crippen LogP contribution in [0.2, 0.25) is 0 Å². The number of alkyl halides is 3. The van der Waals surface area contributed by atoms with E-state index >= 15 is 0 Å². The van der Waals surface area contributed by atoms with Gasteiger partial charge >= 0.3 is 6.18 Å². The number of carbonyl (C=O) groups excluding carboxylic acids is 1. The lowest BCUT2D eigenvalue weighted by molar-refractivity contribution is -0.159. The van der Waals surface area contributed by atoms with Gasteiger partial charge in [-0.25, -0.2) is 0 Å². The lowest BCUT2D eigenvalue weighted by Crippen LogP contribution is -2.43. The van der Waals surface area contributed by atoms with Crippen molar-refractivity contribution in [1.82, 2.24) is 4.90 Å². The molecule has 0 aliphatic rings. The number of rotatable bonds is 4. The summed E-state index contributed by atoms with van der Waals surface area (Å²) < 4.78 is 36.0. The summed E-state index contributed by atoms with van der Waals surface area (Å²) in [5.41, 5.74) is 5.20. The standard InChI is InChI=1S/C8H14F3N3O2/c1-3-5(6(12)13-16)7(15)14(2)4-8(9,10)11/h5,16H,3-4H2,1-2H3,(H2,12,13). The van der Waals surface area contributed by atoms with Gasteiger partial charge in [0.05, 0.1) is 5.92 Å². The Labute approximate surface area is 90.7 Å². The maximum atomic E-state index is 12.0. The zero-order valence-corrected chi connectivity index (χ0v) is 8.95. The summed E-state index contributed by atoms with van der Waals surface area (Å²) in [6.45, 7) is 0.197. The Morgan fingerprint density at radius 1 is 1.56 bits per heavy atom. The molecule has 1 amide bonds. The van der Waals surface area contributed by atoms with Crippen molar-refractivity contribution in [3.8, 4) is 0 Å². The number of amides is 1. The van der Waals surface area contributed by atoms with Gasteiger partial charge in [-0.15, -0.1) is 0 Å². The summed E-state index contributed by atoms with van der Waals surface area (Å²) in [6.07, 6.45) is -4.30. The zero-order valence-electron chi connectivity index (χ0n) is 8.95. The lowest BCUT2D eigenvalue weighted by atomic mass is 10.0. The largest absolute Gasteiger partial charge is 0.409 e. The van der Waals surface area contributed by atoms with Crippen LogP contribution < -0.4 is 5.73 Å². The first-order valence-electron chi connectivity index (χ1n) is 4.52. The van der Waals surface area contributed by atoms with E-state index in [0.29, 0.717) is 4.90 Å². The molecule has 0 bridgehead atoms. The summed E-state index contributed by atoms with van der Waals surface area (Å²) in [5, 5.41) is 11.0. The highest BCUT2D eigenvalue weighted by atomic mass is 19.4. The fourth-order valence-corrected chi connectivity index (χ4v) is 1.19. The van der Waals surface area contributed by atoms with Crippen LogP contribution in [0.4, 0.5) is 13.2 Å². The molecule has 0 saturated heterocycles. The fraction of sp³-hybridized carbons (Fsp3) is 0.750. The van der Waals surface area contributed by atoms with Gasteiger partial charge in [0.1, 0.15) is 6.54 Å². The molecule has 3 N–H and O–H groups in total. The number of oxime groups is 1. The van der Waals surface area contributed by atoms with E-state index in [1.807, 2.05) is 0 Å². The van der Waals surface area contributed by atoms with Crippen molar-refractivity contribution in [2.45, 2.75) is 19.5 Å². The first-order valence-corrected chi connectivity index (χ1v) is 4.52. The molecule has 1 unspecified atom stereocenters. The molecule has 16 heavy (non-hydrogen) atoms. The van der Waals surface area contributed by atoms with Gasteiger partial charge in [-0.1, -0.05) is 12.1 Å². The Kier molecular flexibility index (Phi) is 5.06. The predicted molar refractivity (Wildman–Crippen MR) is 50.9 cm³/mol.